The van der Waals surface area contributed by atoms with Crippen molar-refractivity contribution in [2.24, 2.45) is 0 Å². The van der Waals surface area contributed by atoms with Crippen LogP contribution in [0.3, 0.4) is 0 Å². The van der Waals surface area contributed by atoms with E-state index in [0.717, 1.165) is 36.8 Å². The summed E-state index contributed by atoms with van der Waals surface area (Å²) in [6.07, 6.45) is 0.0830. The molecule has 1 unspecified atom stereocenters. The van der Waals surface area contributed by atoms with Gasteiger partial charge < -0.3 is 19.1 Å². The largest absolute Gasteiger partial charge is 0.497 e. The number of benzene rings is 1. The van der Waals surface area contributed by atoms with Gasteiger partial charge in [-0.1, -0.05) is 11.8 Å². The first-order chi connectivity index (χ1) is 10.2. The monoisotopic (exact) mass is 309 g/mol. The van der Waals surface area contributed by atoms with Crippen LogP contribution in [-0.2, 0) is 4.74 Å². The smallest absolute Gasteiger partial charge is 0.135 e. The molecule has 1 saturated heterocycles. The number of halogens is 1. The fourth-order valence-electron chi connectivity index (χ4n) is 2.14. The number of hydrogen-bond donors (Lipinski definition) is 0. The van der Waals surface area contributed by atoms with Crippen LogP contribution in [0.2, 0.25) is 0 Å². The second-order valence-corrected chi connectivity index (χ2v) is 5.13. The Labute approximate surface area is 130 Å². The Morgan fingerprint density at radius 2 is 2.33 bits per heavy atom. The van der Waals surface area contributed by atoms with Gasteiger partial charge in [0.1, 0.15) is 24.2 Å². The highest BCUT2D eigenvalue weighted by Crippen LogP contribution is 2.24. The van der Waals surface area contributed by atoms with Gasteiger partial charge in [0.2, 0.25) is 0 Å². The molecule has 2 rings (SSSR count). The lowest BCUT2D eigenvalue weighted by atomic mass is 10.2. The van der Waals surface area contributed by atoms with Gasteiger partial charge in [-0.05, 0) is 25.2 Å². The van der Waals surface area contributed by atoms with E-state index < -0.39 is 0 Å². The van der Waals surface area contributed by atoms with Crippen LogP contribution in [0.1, 0.15) is 5.56 Å². The molecule has 1 fully saturated rings. The minimum Gasteiger partial charge on any atom is -0.497 e. The van der Waals surface area contributed by atoms with Gasteiger partial charge >= 0.3 is 0 Å². The Balaban J connectivity index is 2.04. The molecular weight excluding hydrogens is 290 g/mol. The molecule has 4 nitrogen and oxygen atoms in total. The van der Waals surface area contributed by atoms with Gasteiger partial charge in [-0.25, -0.2) is 0 Å². The summed E-state index contributed by atoms with van der Waals surface area (Å²) < 4.78 is 16.8. The van der Waals surface area contributed by atoms with Crippen molar-refractivity contribution >= 4 is 11.6 Å². The van der Waals surface area contributed by atoms with Gasteiger partial charge in [-0.3, -0.25) is 0 Å². The molecule has 0 spiro atoms. The molecule has 0 radical (unpaired) electrons. The van der Waals surface area contributed by atoms with Gasteiger partial charge in [0.05, 0.1) is 25.2 Å². The predicted octanol–water partition coefficient (Wildman–Crippen LogP) is 1.99. The number of ether oxygens (including phenoxy) is 3. The van der Waals surface area contributed by atoms with Crippen LogP contribution >= 0.6 is 11.6 Å². The first-order valence-electron chi connectivity index (χ1n) is 6.88. The van der Waals surface area contributed by atoms with Crippen molar-refractivity contribution in [2.75, 3.05) is 46.3 Å². The topological polar surface area (TPSA) is 30.9 Å². The summed E-state index contributed by atoms with van der Waals surface area (Å²) in [6, 6.07) is 5.57. The number of rotatable bonds is 4. The third kappa shape index (κ3) is 4.82. The summed E-state index contributed by atoms with van der Waals surface area (Å²) in [6.45, 7) is 3.09. The van der Waals surface area contributed by atoms with Crippen molar-refractivity contribution in [3.05, 3.63) is 23.8 Å². The first kappa shape index (κ1) is 16.0. The van der Waals surface area contributed by atoms with Crippen LogP contribution < -0.4 is 9.47 Å². The van der Waals surface area contributed by atoms with Crippen LogP contribution in [0, 0.1) is 11.8 Å². The quantitative estimate of drug-likeness (QED) is 0.629. The molecule has 0 bridgehead atoms. The SMILES string of the molecule is COc1ccc(OCC2CN(C)CCO2)c(C#CCCl)c1. The molecule has 1 heterocycles. The lowest BCUT2D eigenvalue weighted by Crippen LogP contribution is -2.42. The fraction of sp³-hybridized carbons (Fsp3) is 0.500. The van der Waals surface area contributed by atoms with Crippen molar-refractivity contribution < 1.29 is 14.2 Å². The number of hydrogen-bond acceptors (Lipinski definition) is 4. The van der Waals surface area contributed by atoms with E-state index in [9.17, 15) is 0 Å². The van der Waals surface area contributed by atoms with Crippen molar-refractivity contribution in [1.82, 2.24) is 4.90 Å². The highest BCUT2D eigenvalue weighted by atomic mass is 35.5. The van der Waals surface area contributed by atoms with Crippen molar-refractivity contribution in [2.45, 2.75) is 6.10 Å². The standard InChI is InChI=1S/C16H20ClNO3/c1-18-8-9-20-15(11-18)12-21-16-6-5-14(19-2)10-13(16)4-3-7-17/h5-6,10,15H,7-9,11-12H2,1-2H3. The number of alkyl halides is 1. The highest BCUT2D eigenvalue weighted by molar-refractivity contribution is 6.19. The number of nitrogens with zero attached hydrogens (tertiary/aromatic N) is 1. The highest BCUT2D eigenvalue weighted by Gasteiger charge is 2.18. The summed E-state index contributed by atoms with van der Waals surface area (Å²) >= 11 is 5.62. The van der Waals surface area contributed by atoms with Crippen LogP contribution in [0.5, 0.6) is 11.5 Å². The maximum Gasteiger partial charge on any atom is 0.135 e. The summed E-state index contributed by atoms with van der Waals surface area (Å²) in [5, 5.41) is 0. The third-order valence-corrected chi connectivity index (χ3v) is 3.38. The molecule has 0 aromatic heterocycles. The van der Waals surface area contributed by atoms with E-state index in [2.05, 4.69) is 23.8 Å². The van der Waals surface area contributed by atoms with Gasteiger partial charge in [0.15, 0.2) is 0 Å². The molecule has 5 heteroatoms. The normalized spacial score (nSPS) is 18.7. The maximum atomic E-state index is 5.87. The Kier molecular flexibility index (Phi) is 6.19. The second-order valence-electron chi connectivity index (χ2n) is 4.86. The molecule has 1 aromatic carbocycles. The number of methoxy groups -OCH3 is 1. The number of likely N-dealkylation sites (N-methyl/N-ethyl adjacent to an activating group) is 1. The zero-order valence-electron chi connectivity index (χ0n) is 12.4. The second kappa shape index (κ2) is 8.14. The van der Waals surface area contributed by atoms with Gasteiger partial charge in [-0.15, -0.1) is 11.6 Å². The third-order valence-electron chi connectivity index (χ3n) is 3.24. The molecule has 1 aliphatic rings. The van der Waals surface area contributed by atoms with Crippen LogP contribution in [0.4, 0.5) is 0 Å². The molecule has 114 valence electrons. The zero-order chi connectivity index (χ0) is 15.1. The average molecular weight is 310 g/mol. The summed E-state index contributed by atoms with van der Waals surface area (Å²) in [5.74, 6) is 7.59. The van der Waals surface area contributed by atoms with E-state index in [1.165, 1.54) is 0 Å². The molecular formula is C16H20ClNO3. The van der Waals surface area contributed by atoms with Crippen molar-refractivity contribution in [3.63, 3.8) is 0 Å². The molecule has 1 aliphatic heterocycles. The van der Waals surface area contributed by atoms with E-state index in [-0.39, 0.29) is 12.0 Å². The van der Waals surface area contributed by atoms with Gasteiger partial charge in [0.25, 0.3) is 0 Å². The minimum absolute atomic E-state index is 0.0830. The van der Waals surface area contributed by atoms with E-state index in [1.807, 2.05) is 18.2 Å². The van der Waals surface area contributed by atoms with Crippen molar-refractivity contribution in [1.29, 1.82) is 0 Å². The summed E-state index contributed by atoms with van der Waals surface area (Å²) in [7, 11) is 3.71. The lowest BCUT2D eigenvalue weighted by molar-refractivity contribution is -0.0403. The molecule has 0 amide bonds. The van der Waals surface area contributed by atoms with E-state index >= 15 is 0 Å². The van der Waals surface area contributed by atoms with Crippen LogP contribution in [0.25, 0.3) is 0 Å². The summed E-state index contributed by atoms with van der Waals surface area (Å²) in [5.41, 5.74) is 0.777. The Morgan fingerprint density at radius 1 is 1.48 bits per heavy atom. The zero-order valence-corrected chi connectivity index (χ0v) is 13.2. The predicted molar refractivity (Wildman–Crippen MR) is 83.3 cm³/mol. The Hall–Kier alpha value is -1.41. The average Bonchev–Trinajstić information content (AvgIpc) is 2.51. The molecule has 0 saturated carbocycles. The first-order valence-corrected chi connectivity index (χ1v) is 7.42. The Bertz CT molecular complexity index is 524. The van der Waals surface area contributed by atoms with Crippen LogP contribution in [-0.4, -0.2) is 57.3 Å². The Morgan fingerprint density at radius 3 is 3.05 bits per heavy atom. The minimum atomic E-state index is 0.0830. The van der Waals surface area contributed by atoms with E-state index in [0.29, 0.717) is 6.61 Å². The lowest BCUT2D eigenvalue weighted by Gasteiger charge is -2.29. The van der Waals surface area contributed by atoms with E-state index in [1.54, 1.807) is 7.11 Å². The van der Waals surface area contributed by atoms with Gasteiger partial charge in [0, 0.05) is 13.1 Å². The molecule has 21 heavy (non-hydrogen) atoms. The fourth-order valence-corrected chi connectivity index (χ4v) is 2.21. The number of morpholine rings is 1. The van der Waals surface area contributed by atoms with E-state index in [4.69, 9.17) is 25.8 Å². The molecule has 0 N–H and O–H groups in total. The van der Waals surface area contributed by atoms with Gasteiger partial charge in [-0.2, -0.15) is 0 Å². The molecule has 1 aromatic rings. The maximum absolute atomic E-state index is 5.87. The van der Waals surface area contributed by atoms with Crippen molar-refractivity contribution in [3.8, 4) is 23.3 Å². The molecule has 1 atom stereocenters. The van der Waals surface area contributed by atoms with Crippen LogP contribution in [0.15, 0.2) is 18.2 Å². The summed E-state index contributed by atoms with van der Waals surface area (Å²) in [4.78, 5) is 2.24. The molecule has 0 aliphatic carbocycles.